The summed E-state index contributed by atoms with van der Waals surface area (Å²) >= 11 is 5.86. The maximum Gasteiger partial charge on any atom is 0.244 e. The Morgan fingerprint density at radius 3 is 2.62 bits per heavy atom. The summed E-state index contributed by atoms with van der Waals surface area (Å²) < 4.78 is 0. The van der Waals surface area contributed by atoms with Gasteiger partial charge >= 0.3 is 0 Å². The summed E-state index contributed by atoms with van der Waals surface area (Å²) in [6, 6.07) is 7.82. The number of hydrogen-bond donors (Lipinski definition) is 2. The number of halogens is 1. The maximum atomic E-state index is 5.86. The second kappa shape index (κ2) is 7.78. The molecular weight excluding hydrogens is 286 g/mol. The Hall–Kier alpha value is -1.88. The minimum atomic E-state index is 0.540. The number of nitrogens with zero attached hydrogens (tertiary/aromatic N) is 3. The number of hydrogen-bond acceptors (Lipinski definition) is 5. The first-order valence-electron chi connectivity index (χ1n) is 7.05. The third-order valence-electron chi connectivity index (χ3n) is 2.86. The number of rotatable bonds is 7. The molecule has 2 N–H and O–H groups in total. The van der Waals surface area contributed by atoms with Crippen molar-refractivity contribution in [1.82, 2.24) is 15.2 Å². The molecule has 0 aliphatic carbocycles. The van der Waals surface area contributed by atoms with Gasteiger partial charge in [0.05, 0.1) is 6.20 Å². The fraction of sp³-hybridized carbons (Fsp3) is 0.400. The van der Waals surface area contributed by atoms with E-state index in [1.165, 1.54) is 5.56 Å². The molecular formula is C15H20ClN5. The predicted octanol–water partition coefficient (Wildman–Crippen LogP) is 3.25. The smallest absolute Gasteiger partial charge is 0.244 e. The number of aromatic nitrogens is 3. The van der Waals surface area contributed by atoms with Crippen molar-refractivity contribution >= 4 is 23.4 Å². The van der Waals surface area contributed by atoms with E-state index in [2.05, 4.69) is 39.7 Å². The second-order valence-corrected chi connectivity index (χ2v) is 5.68. The van der Waals surface area contributed by atoms with Gasteiger partial charge in [0.25, 0.3) is 0 Å². The lowest BCUT2D eigenvalue weighted by atomic mass is 10.1. The van der Waals surface area contributed by atoms with E-state index in [4.69, 9.17) is 11.6 Å². The van der Waals surface area contributed by atoms with Crippen molar-refractivity contribution in [3.8, 4) is 0 Å². The van der Waals surface area contributed by atoms with Gasteiger partial charge < -0.3 is 10.6 Å². The first-order chi connectivity index (χ1) is 10.1. The summed E-state index contributed by atoms with van der Waals surface area (Å²) in [6.45, 7) is 5.90. The summed E-state index contributed by atoms with van der Waals surface area (Å²) in [4.78, 5) is 4.37. The molecule has 112 valence electrons. The Kier molecular flexibility index (Phi) is 5.75. The van der Waals surface area contributed by atoms with Crippen LogP contribution >= 0.6 is 11.6 Å². The van der Waals surface area contributed by atoms with Gasteiger partial charge in [-0.25, -0.2) is 0 Å². The molecule has 2 aromatic rings. The topological polar surface area (TPSA) is 62.7 Å². The highest BCUT2D eigenvalue weighted by Gasteiger charge is 2.01. The van der Waals surface area contributed by atoms with Crippen LogP contribution in [0.4, 0.5) is 11.8 Å². The zero-order valence-electron chi connectivity index (χ0n) is 12.3. The van der Waals surface area contributed by atoms with Gasteiger partial charge in [-0.3, -0.25) is 0 Å². The first-order valence-corrected chi connectivity index (χ1v) is 7.43. The zero-order chi connectivity index (χ0) is 15.1. The SMILES string of the molecule is CC(C)CNc1cnnc(NCCc2ccc(Cl)cc2)n1. The third kappa shape index (κ3) is 5.55. The van der Waals surface area contributed by atoms with Gasteiger partial charge in [-0.05, 0) is 30.0 Å². The van der Waals surface area contributed by atoms with E-state index in [9.17, 15) is 0 Å². The monoisotopic (exact) mass is 305 g/mol. The Balaban J connectivity index is 1.82. The van der Waals surface area contributed by atoms with Crippen LogP contribution < -0.4 is 10.6 Å². The van der Waals surface area contributed by atoms with Gasteiger partial charge in [-0.2, -0.15) is 10.1 Å². The predicted molar refractivity (Wildman–Crippen MR) is 86.8 cm³/mol. The van der Waals surface area contributed by atoms with Crippen LogP contribution in [-0.2, 0) is 6.42 Å². The molecule has 2 rings (SSSR count). The quantitative estimate of drug-likeness (QED) is 0.822. The Labute approximate surface area is 130 Å². The van der Waals surface area contributed by atoms with E-state index in [1.54, 1.807) is 6.20 Å². The van der Waals surface area contributed by atoms with E-state index in [0.29, 0.717) is 11.9 Å². The molecule has 0 aliphatic heterocycles. The van der Waals surface area contributed by atoms with Crippen molar-refractivity contribution in [2.75, 3.05) is 23.7 Å². The lowest BCUT2D eigenvalue weighted by molar-refractivity contribution is 0.686. The second-order valence-electron chi connectivity index (χ2n) is 5.24. The average Bonchev–Trinajstić information content (AvgIpc) is 2.48. The van der Waals surface area contributed by atoms with Gasteiger partial charge in [0, 0.05) is 18.1 Å². The zero-order valence-corrected chi connectivity index (χ0v) is 13.1. The largest absolute Gasteiger partial charge is 0.368 e. The molecule has 0 bridgehead atoms. The lowest BCUT2D eigenvalue weighted by Gasteiger charge is -2.09. The van der Waals surface area contributed by atoms with Crippen molar-refractivity contribution in [1.29, 1.82) is 0 Å². The molecule has 1 heterocycles. The van der Waals surface area contributed by atoms with E-state index < -0.39 is 0 Å². The van der Waals surface area contributed by atoms with Crippen molar-refractivity contribution in [3.05, 3.63) is 41.0 Å². The Morgan fingerprint density at radius 2 is 1.90 bits per heavy atom. The van der Waals surface area contributed by atoms with E-state index in [1.807, 2.05) is 24.3 Å². The van der Waals surface area contributed by atoms with Crippen molar-refractivity contribution in [2.24, 2.45) is 5.92 Å². The third-order valence-corrected chi connectivity index (χ3v) is 3.11. The minimum absolute atomic E-state index is 0.540. The molecule has 5 nitrogen and oxygen atoms in total. The van der Waals surface area contributed by atoms with Crippen molar-refractivity contribution in [3.63, 3.8) is 0 Å². The molecule has 0 spiro atoms. The molecule has 0 unspecified atom stereocenters. The number of nitrogens with one attached hydrogen (secondary N) is 2. The summed E-state index contributed by atoms with van der Waals surface area (Å²) in [6.07, 6.45) is 2.51. The maximum absolute atomic E-state index is 5.86. The summed E-state index contributed by atoms with van der Waals surface area (Å²) in [5.74, 6) is 1.84. The van der Waals surface area contributed by atoms with Crippen LogP contribution in [0.5, 0.6) is 0 Å². The van der Waals surface area contributed by atoms with Gasteiger partial charge in [-0.1, -0.05) is 37.6 Å². The van der Waals surface area contributed by atoms with Crippen LogP contribution in [0, 0.1) is 5.92 Å². The molecule has 0 aliphatic rings. The fourth-order valence-corrected chi connectivity index (χ4v) is 1.87. The summed E-state index contributed by atoms with van der Waals surface area (Å²) in [7, 11) is 0. The lowest BCUT2D eigenvalue weighted by Crippen LogP contribution is -2.13. The van der Waals surface area contributed by atoms with E-state index >= 15 is 0 Å². The van der Waals surface area contributed by atoms with Gasteiger partial charge in [0.1, 0.15) is 0 Å². The molecule has 6 heteroatoms. The average molecular weight is 306 g/mol. The van der Waals surface area contributed by atoms with Gasteiger partial charge in [-0.15, -0.1) is 5.10 Å². The summed E-state index contributed by atoms with van der Waals surface area (Å²) in [5.41, 5.74) is 1.22. The van der Waals surface area contributed by atoms with E-state index in [0.717, 1.165) is 30.4 Å². The number of anilines is 2. The number of benzene rings is 1. The molecule has 1 aromatic carbocycles. The highest BCUT2D eigenvalue weighted by atomic mass is 35.5. The van der Waals surface area contributed by atoms with Crippen LogP contribution in [0.15, 0.2) is 30.5 Å². The van der Waals surface area contributed by atoms with E-state index in [-0.39, 0.29) is 0 Å². The molecule has 0 fully saturated rings. The van der Waals surface area contributed by atoms with Crippen molar-refractivity contribution < 1.29 is 0 Å². The molecule has 0 amide bonds. The summed E-state index contributed by atoms with van der Waals surface area (Å²) in [5, 5.41) is 15.1. The molecule has 0 radical (unpaired) electrons. The fourth-order valence-electron chi connectivity index (χ4n) is 1.74. The Morgan fingerprint density at radius 1 is 1.14 bits per heavy atom. The highest BCUT2D eigenvalue weighted by molar-refractivity contribution is 6.30. The highest BCUT2D eigenvalue weighted by Crippen LogP contribution is 2.10. The minimum Gasteiger partial charge on any atom is -0.368 e. The molecule has 0 saturated heterocycles. The van der Waals surface area contributed by atoms with Crippen LogP contribution in [-0.4, -0.2) is 28.3 Å². The molecule has 1 aromatic heterocycles. The van der Waals surface area contributed by atoms with Crippen LogP contribution in [0.3, 0.4) is 0 Å². The van der Waals surface area contributed by atoms with Gasteiger partial charge in [0.2, 0.25) is 5.95 Å². The van der Waals surface area contributed by atoms with Crippen LogP contribution in [0.25, 0.3) is 0 Å². The first kappa shape index (κ1) is 15.5. The standard InChI is InChI=1S/C15H20ClN5/c1-11(2)9-18-14-10-19-21-15(20-14)17-8-7-12-3-5-13(16)6-4-12/h3-6,10-11H,7-9H2,1-2H3,(H2,17,18,20,21). The molecule has 0 atom stereocenters. The van der Waals surface area contributed by atoms with Crippen molar-refractivity contribution in [2.45, 2.75) is 20.3 Å². The Bertz CT molecular complexity index is 556. The molecule has 21 heavy (non-hydrogen) atoms. The van der Waals surface area contributed by atoms with Gasteiger partial charge in [0.15, 0.2) is 5.82 Å². The molecule has 0 saturated carbocycles. The van der Waals surface area contributed by atoms with Crippen LogP contribution in [0.1, 0.15) is 19.4 Å². The van der Waals surface area contributed by atoms with Crippen LogP contribution in [0.2, 0.25) is 5.02 Å². The normalized spacial score (nSPS) is 10.7.